The van der Waals surface area contributed by atoms with E-state index in [0.717, 1.165) is 31.9 Å². The van der Waals surface area contributed by atoms with Crippen LogP contribution in [0.2, 0.25) is 0 Å². The molecule has 1 N–H and O–H groups in total. The second-order valence-electron chi connectivity index (χ2n) is 3.89. The van der Waals surface area contributed by atoms with Crippen molar-refractivity contribution < 1.29 is 4.52 Å². The van der Waals surface area contributed by atoms with E-state index in [4.69, 9.17) is 4.52 Å². The topological polar surface area (TPSA) is 46.8 Å². The van der Waals surface area contributed by atoms with Crippen LogP contribution in [0.3, 0.4) is 0 Å². The molecule has 0 aliphatic heterocycles. The molecule has 0 spiro atoms. The van der Waals surface area contributed by atoms with Gasteiger partial charge < -0.3 is 14.1 Å². The van der Waals surface area contributed by atoms with Crippen molar-refractivity contribution in [1.29, 1.82) is 0 Å². The average Bonchev–Trinajstić information content (AvgIpc) is 3.05. The lowest BCUT2D eigenvalue weighted by atomic mass is 10.2. The van der Waals surface area contributed by atoms with Crippen LogP contribution in [0.15, 0.2) is 44.1 Å². The number of aromatic nitrogens is 3. The molecule has 0 amide bonds. The molecule has 3 heterocycles. The molecule has 4 nitrogen and oxygen atoms in total. The van der Waals surface area contributed by atoms with E-state index in [1.54, 1.807) is 0 Å². The summed E-state index contributed by atoms with van der Waals surface area (Å²) in [5, 5.41) is 4.06. The van der Waals surface area contributed by atoms with E-state index in [0.29, 0.717) is 0 Å². The molecule has 0 saturated heterocycles. The van der Waals surface area contributed by atoms with E-state index in [1.165, 1.54) is 0 Å². The lowest BCUT2D eigenvalue weighted by molar-refractivity contribution is 0.432. The minimum atomic E-state index is 0.730. The van der Waals surface area contributed by atoms with Crippen molar-refractivity contribution in [2.24, 2.45) is 7.05 Å². The molecule has 0 fully saturated rings. The number of aromatic amines is 1. The van der Waals surface area contributed by atoms with Crippen molar-refractivity contribution in [2.45, 2.75) is 0 Å². The number of halogens is 2. The molecule has 0 bridgehead atoms. The predicted molar refractivity (Wildman–Crippen MR) is 76.1 cm³/mol. The Hall–Kier alpha value is -1.27. The van der Waals surface area contributed by atoms with Crippen LogP contribution in [0.1, 0.15) is 0 Å². The maximum atomic E-state index is 5.39. The molecule has 0 radical (unpaired) electrons. The second kappa shape index (κ2) is 4.44. The Morgan fingerprint density at radius 3 is 2.78 bits per heavy atom. The molecule has 0 unspecified atom stereocenters. The van der Waals surface area contributed by atoms with Gasteiger partial charge in [0.15, 0.2) is 5.76 Å². The van der Waals surface area contributed by atoms with Crippen LogP contribution in [-0.4, -0.2) is 14.7 Å². The van der Waals surface area contributed by atoms with Crippen molar-refractivity contribution in [3.8, 4) is 22.8 Å². The summed E-state index contributed by atoms with van der Waals surface area (Å²) in [5.74, 6) is 0.730. The maximum Gasteiger partial charge on any atom is 0.183 e. The highest BCUT2D eigenvalue weighted by atomic mass is 79.9. The van der Waals surface area contributed by atoms with E-state index >= 15 is 0 Å². The van der Waals surface area contributed by atoms with Gasteiger partial charge in [0.25, 0.3) is 0 Å². The van der Waals surface area contributed by atoms with E-state index in [2.05, 4.69) is 42.0 Å². The van der Waals surface area contributed by atoms with E-state index in [-0.39, 0.29) is 0 Å². The van der Waals surface area contributed by atoms with Crippen LogP contribution < -0.4 is 0 Å². The quantitative estimate of drug-likeness (QED) is 0.734. The first-order valence-electron chi connectivity index (χ1n) is 5.28. The molecule has 3 aromatic heterocycles. The molecule has 6 heteroatoms. The van der Waals surface area contributed by atoms with Gasteiger partial charge in [0.2, 0.25) is 0 Å². The molecule has 0 aliphatic rings. The number of nitrogens with zero attached hydrogens (tertiary/aromatic N) is 2. The zero-order chi connectivity index (χ0) is 12.7. The average molecular weight is 371 g/mol. The van der Waals surface area contributed by atoms with Crippen molar-refractivity contribution in [3.05, 3.63) is 39.5 Å². The fraction of sp³-hybridized carbons (Fsp3) is 0.0833. The number of rotatable bonds is 2. The van der Waals surface area contributed by atoms with Gasteiger partial charge in [-0.25, -0.2) is 0 Å². The minimum Gasteiger partial charge on any atom is -0.360 e. The predicted octanol–water partition coefficient (Wildman–Crippen LogP) is 4.20. The smallest absolute Gasteiger partial charge is 0.183 e. The van der Waals surface area contributed by atoms with Gasteiger partial charge in [-0.05, 0) is 50.1 Å². The molecular weight excluding hydrogens is 362 g/mol. The summed E-state index contributed by atoms with van der Waals surface area (Å²) in [6.45, 7) is 0. The molecule has 0 saturated carbocycles. The van der Waals surface area contributed by atoms with Crippen molar-refractivity contribution in [1.82, 2.24) is 14.7 Å². The van der Waals surface area contributed by atoms with Crippen LogP contribution in [0, 0.1) is 0 Å². The van der Waals surface area contributed by atoms with Crippen LogP contribution in [0.25, 0.3) is 22.8 Å². The third-order valence-electron chi connectivity index (χ3n) is 2.75. The SMILES string of the molecule is Cn1c(-c2cc(-c3ccc[nH]3)no2)cc(Br)c1Br. The third-order valence-corrected chi connectivity index (χ3v) is 4.85. The fourth-order valence-electron chi connectivity index (χ4n) is 1.79. The lowest BCUT2D eigenvalue weighted by Crippen LogP contribution is -1.89. The summed E-state index contributed by atoms with van der Waals surface area (Å²) in [6, 6.07) is 7.79. The maximum absolute atomic E-state index is 5.39. The highest BCUT2D eigenvalue weighted by Crippen LogP contribution is 2.33. The highest BCUT2D eigenvalue weighted by molar-refractivity contribution is 9.13. The summed E-state index contributed by atoms with van der Waals surface area (Å²) in [7, 11) is 1.96. The van der Waals surface area contributed by atoms with Crippen LogP contribution in [0.5, 0.6) is 0 Å². The zero-order valence-corrected chi connectivity index (χ0v) is 12.6. The first kappa shape index (κ1) is 11.8. The number of nitrogens with one attached hydrogen (secondary N) is 1. The molecule has 3 aromatic rings. The summed E-state index contributed by atoms with van der Waals surface area (Å²) in [6.07, 6.45) is 1.86. The van der Waals surface area contributed by atoms with Gasteiger partial charge in [-0.1, -0.05) is 5.16 Å². The number of hydrogen-bond acceptors (Lipinski definition) is 2. The first-order valence-corrected chi connectivity index (χ1v) is 6.87. The van der Waals surface area contributed by atoms with E-state index in [1.807, 2.05) is 42.1 Å². The van der Waals surface area contributed by atoms with Crippen molar-refractivity contribution >= 4 is 31.9 Å². The van der Waals surface area contributed by atoms with E-state index in [9.17, 15) is 0 Å². The van der Waals surface area contributed by atoms with Gasteiger partial charge >= 0.3 is 0 Å². The number of H-pyrrole nitrogens is 1. The molecule has 0 atom stereocenters. The molecule has 0 aliphatic carbocycles. The minimum absolute atomic E-state index is 0.730. The van der Waals surface area contributed by atoms with E-state index < -0.39 is 0 Å². The Labute approximate surface area is 120 Å². The molecule has 0 aromatic carbocycles. The largest absolute Gasteiger partial charge is 0.360 e. The Balaban J connectivity index is 2.06. The second-order valence-corrected chi connectivity index (χ2v) is 5.49. The van der Waals surface area contributed by atoms with Gasteiger partial charge in [0.05, 0.1) is 20.5 Å². The van der Waals surface area contributed by atoms with Gasteiger partial charge in [-0.15, -0.1) is 0 Å². The summed E-state index contributed by atoms with van der Waals surface area (Å²) >= 11 is 6.96. The Kier molecular flexibility index (Phi) is 2.91. The third kappa shape index (κ3) is 1.85. The van der Waals surface area contributed by atoms with Crippen LogP contribution in [-0.2, 0) is 7.05 Å². The summed E-state index contributed by atoms with van der Waals surface area (Å²) < 4.78 is 9.33. The summed E-state index contributed by atoms with van der Waals surface area (Å²) in [4.78, 5) is 3.10. The monoisotopic (exact) mass is 369 g/mol. The fourth-order valence-corrected chi connectivity index (χ4v) is 2.58. The standard InChI is InChI=1S/C12H9Br2N3O/c1-17-10(5-7(13)12(17)14)11-6-9(16-18-11)8-3-2-4-15-8/h2-6,15H,1H3. The Bertz CT molecular complexity index is 682. The molecule has 3 rings (SSSR count). The van der Waals surface area contributed by atoms with Gasteiger partial charge in [0, 0.05) is 19.3 Å². The highest BCUT2D eigenvalue weighted by Gasteiger charge is 2.15. The molecule has 18 heavy (non-hydrogen) atoms. The summed E-state index contributed by atoms with van der Waals surface area (Å²) in [5.41, 5.74) is 2.69. The van der Waals surface area contributed by atoms with Gasteiger partial charge in [-0.3, -0.25) is 0 Å². The molecular formula is C12H9Br2N3O. The first-order chi connectivity index (χ1) is 8.66. The van der Waals surface area contributed by atoms with Crippen molar-refractivity contribution in [2.75, 3.05) is 0 Å². The van der Waals surface area contributed by atoms with Crippen LogP contribution >= 0.6 is 31.9 Å². The van der Waals surface area contributed by atoms with Gasteiger partial charge in [0.1, 0.15) is 5.69 Å². The Morgan fingerprint density at radius 1 is 1.33 bits per heavy atom. The molecule has 92 valence electrons. The van der Waals surface area contributed by atoms with Gasteiger partial charge in [-0.2, -0.15) is 0 Å². The van der Waals surface area contributed by atoms with Crippen LogP contribution in [0.4, 0.5) is 0 Å². The number of hydrogen-bond donors (Lipinski definition) is 1. The lowest BCUT2D eigenvalue weighted by Gasteiger charge is -1.98. The van der Waals surface area contributed by atoms with Crippen molar-refractivity contribution in [3.63, 3.8) is 0 Å². The Morgan fingerprint density at radius 2 is 2.17 bits per heavy atom. The zero-order valence-electron chi connectivity index (χ0n) is 9.45. The normalized spacial score (nSPS) is 11.1.